The van der Waals surface area contributed by atoms with E-state index in [9.17, 15) is 14.5 Å². The summed E-state index contributed by atoms with van der Waals surface area (Å²) in [5, 5.41) is 14.1. The Labute approximate surface area is 102 Å². The van der Waals surface area contributed by atoms with E-state index >= 15 is 0 Å². The number of nitro groups is 1. The topological polar surface area (TPSA) is 94.1 Å². The minimum atomic E-state index is -0.558. The average Bonchev–Trinajstić information content (AvgIpc) is 2.36. The second-order valence-corrected chi connectivity index (χ2v) is 3.62. The van der Waals surface area contributed by atoms with Gasteiger partial charge in [0.2, 0.25) is 0 Å². The Morgan fingerprint density at radius 1 is 1.44 bits per heavy atom. The maximum Gasteiger partial charge on any atom is 0.281 e. The van der Waals surface area contributed by atoms with Gasteiger partial charge in [0.15, 0.2) is 0 Å². The van der Waals surface area contributed by atoms with E-state index in [4.69, 9.17) is 5.73 Å². The molecule has 7 heteroatoms. The molecular formula is C11H11FN4O2. The number of hydrogen-bond acceptors (Lipinski definition) is 5. The number of benzene rings is 1. The Bertz CT molecular complexity index is 603. The number of rotatable bonds is 4. The minimum absolute atomic E-state index is 0.163. The van der Waals surface area contributed by atoms with Crippen LogP contribution in [-0.2, 0) is 0 Å². The van der Waals surface area contributed by atoms with Crippen LogP contribution in [0.1, 0.15) is 0 Å². The number of nitrogens with two attached hydrogens (primary N) is 1. The van der Waals surface area contributed by atoms with E-state index in [1.54, 1.807) is 0 Å². The molecule has 0 saturated carbocycles. The van der Waals surface area contributed by atoms with Crippen LogP contribution in [0.4, 0.5) is 15.9 Å². The second-order valence-electron chi connectivity index (χ2n) is 3.62. The molecule has 0 amide bonds. The minimum Gasteiger partial charge on any atom is -0.368 e. The lowest BCUT2D eigenvalue weighted by Gasteiger charge is -2.08. The van der Waals surface area contributed by atoms with E-state index in [-0.39, 0.29) is 22.3 Å². The molecule has 0 aliphatic heterocycles. The van der Waals surface area contributed by atoms with Gasteiger partial charge in [0.1, 0.15) is 17.0 Å². The Morgan fingerprint density at radius 2 is 2.22 bits per heavy atom. The molecule has 0 spiro atoms. The molecule has 3 N–H and O–H groups in total. The molecule has 2 rings (SSSR count). The third kappa shape index (κ3) is 2.07. The summed E-state index contributed by atoms with van der Waals surface area (Å²) >= 11 is 0. The number of hydrogen-bond donors (Lipinski definition) is 2. The molecular weight excluding hydrogens is 239 g/mol. The molecule has 0 unspecified atom stereocenters. The summed E-state index contributed by atoms with van der Waals surface area (Å²) in [6, 6.07) is 3.62. The summed E-state index contributed by atoms with van der Waals surface area (Å²) in [7, 11) is 0. The lowest BCUT2D eigenvalue weighted by Crippen LogP contribution is -2.14. The van der Waals surface area contributed by atoms with Gasteiger partial charge in [-0.05, 0) is 12.1 Å². The number of anilines is 1. The third-order valence-corrected chi connectivity index (χ3v) is 2.49. The van der Waals surface area contributed by atoms with Gasteiger partial charge in [-0.15, -0.1) is 0 Å². The number of halogens is 1. The van der Waals surface area contributed by atoms with Gasteiger partial charge in [-0.2, -0.15) is 0 Å². The molecule has 1 aromatic carbocycles. The molecule has 0 radical (unpaired) electrons. The van der Waals surface area contributed by atoms with Crippen molar-refractivity contribution in [3.63, 3.8) is 0 Å². The summed E-state index contributed by atoms with van der Waals surface area (Å²) in [4.78, 5) is 14.4. The zero-order valence-electron chi connectivity index (χ0n) is 9.39. The monoisotopic (exact) mass is 250 g/mol. The van der Waals surface area contributed by atoms with Gasteiger partial charge in [-0.3, -0.25) is 10.1 Å². The fraction of sp³-hybridized carbons (Fsp3) is 0.182. The molecule has 0 bridgehead atoms. The van der Waals surface area contributed by atoms with Crippen molar-refractivity contribution in [1.82, 2.24) is 4.98 Å². The molecule has 0 atom stereocenters. The third-order valence-electron chi connectivity index (χ3n) is 2.49. The smallest absolute Gasteiger partial charge is 0.281 e. The maximum absolute atomic E-state index is 13.6. The highest BCUT2D eigenvalue weighted by molar-refractivity contribution is 5.99. The summed E-state index contributed by atoms with van der Waals surface area (Å²) in [5.74, 6) is -0.252. The predicted molar refractivity (Wildman–Crippen MR) is 65.9 cm³/mol. The van der Waals surface area contributed by atoms with E-state index < -0.39 is 10.7 Å². The van der Waals surface area contributed by atoms with Crippen LogP contribution in [0.2, 0.25) is 0 Å². The highest BCUT2D eigenvalue weighted by atomic mass is 19.1. The first-order valence-electron chi connectivity index (χ1n) is 5.30. The van der Waals surface area contributed by atoms with Gasteiger partial charge in [0.05, 0.1) is 4.92 Å². The van der Waals surface area contributed by atoms with Gasteiger partial charge in [0, 0.05) is 30.7 Å². The van der Waals surface area contributed by atoms with Crippen molar-refractivity contribution in [3.05, 3.63) is 40.3 Å². The lowest BCUT2D eigenvalue weighted by atomic mass is 10.1. The van der Waals surface area contributed by atoms with Crippen LogP contribution in [-0.4, -0.2) is 23.0 Å². The van der Waals surface area contributed by atoms with E-state index in [0.29, 0.717) is 13.1 Å². The molecule has 1 aromatic heterocycles. The fourth-order valence-electron chi connectivity index (χ4n) is 1.72. The van der Waals surface area contributed by atoms with Crippen LogP contribution in [0.3, 0.4) is 0 Å². The number of aromatic nitrogens is 1. The van der Waals surface area contributed by atoms with Gasteiger partial charge < -0.3 is 11.1 Å². The zero-order valence-corrected chi connectivity index (χ0v) is 9.39. The van der Waals surface area contributed by atoms with E-state index in [1.807, 2.05) is 0 Å². The predicted octanol–water partition coefficient (Wildman–Crippen LogP) is 1.65. The highest BCUT2D eigenvalue weighted by Gasteiger charge is 2.18. The number of nitrogens with one attached hydrogen (secondary N) is 1. The number of fused-ring (bicyclic) bond motifs is 1. The van der Waals surface area contributed by atoms with Crippen molar-refractivity contribution in [2.45, 2.75) is 0 Å². The summed E-state index contributed by atoms with van der Waals surface area (Å²) in [6.45, 7) is 0.751. The largest absolute Gasteiger partial charge is 0.368 e. The van der Waals surface area contributed by atoms with Crippen LogP contribution in [0.25, 0.3) is 10.8 Å². The van der Waals surface area contributed by atoms with Crippen LogP contribution < -0.4 is 11.1 Å². The van der Waals surface area contributed by atoms with E-state index in [1.165, 1.54) is 12.3 Å². The second kappa shape index (κ2) is 4.92. The van der Waals surface area contributed by atoms with E-state index in [0.717, 1.165) is 12.1 Å². The summed E-state index contributed by atoms with van der Waals surface area (Å²) in [5.41, 5.74) is 5.17. The lowest BCUT2D eigenvalue weighted by molar-refractivity contribution is -0.383. The molecule has 2 aromatic rings. The number of non-ortho nitro benzene ring substituents is 1. The first-order chi connectivity index (χ1) is 8.65. The first kappa shape index (κ1) is 12.2. The van der Waals surface area contributed by atoms with Crippen molar-refractivity contribution in [2.75, 3.05) is 18.4 Å². The standard InChI is InChI=1S/C11H11FN4O2/c12-8-1-2-9(16(17)18)10-7(8)3-5-14-11(10)15-6-4-13/h1-3,5H,4,6,13H2,(H,14,15). The molecule has 0 aliphatic rings. The molecule has 0 aliphatic carbocycles. The van der Waals surface area contributed by atoms with Crippen LogP contribution in [0.15, 0.2) is 24.4 Å². The van der Waals surface area contributed by atoms with Crippen molar-refractivity contribution >= 4 is 22.3 Å². The van der Waals surface area contributed by atoms with E-state index in [2.05, 4.69) is 10.3 Å². The number of nitro benzene ring substituents is 1. The van der Waals surface area contributed by atoms with Crippen molar-refractivity contribution in [3.8, 4) is 0 Å². The fourth-order valence-corrected chi connectivity index (χ4v) is 1.72. The normalized spacial score (nSPS) is 10.6. The van der Waals surface area contributed by atoms with Crippen molar-refractivity contribution < 1.29 is 9.31 Å². The SMILES string of the molecule is NCCNc1nccc2c(F)ccc([N+](=O)[O-])c12. The van der Waals surface area contributed by atoms with Gasteiger partial charge in [-0.25, -0.2) is 9.37 Å². The average molecular weight is 250 g/mol. The van der Waals surface area contributed by atoms with Crippen molar-refractivity contribution in [2.24, 2.45) is 5.73 Å². The molecule has 6 nitrogen and oxygen atoms in total. The van der Waals surface area contributed by atoms with Crippen LogP contribution in [0.5, 0.6) is 0 Å². The Balaban J connectivity index is 2.71. The zero-order chi connectivity index (χ0) is 13.1. The molecule has 18 heavy (non-hydrogen) atoms. The van der Waals surface area contributed by atoms with Crippen LogP contribution in [0, 0.1) is 15.9 Å². The van der Waals surface area contributed by atoms with Gasteiger partial charge >= 0.3 is 0 Å². The summed E-state index contributed by atoms with van der Waals surface area (Å²) in [6.07, 6.45) is 1.40. The highest BCUT2D eigenvalue weighted by Crippen LogP contribution is 2.32. The maximum atomic E-state index is 13.6. The number of pyridine rings is 1. The molecule has 0 saturated heterocycles. The quantitative estimate of drug-likeness (QED) is 0.635. The molecule has 1 heterocycles. The van der Waals surface area contributed by atoms with Gasteiger partial charge in [0.25, 0.3) is 5.69 Å². The first-order valence-corrected chi connectivity index (χ1v) is 5.30. The molecule has 94 valence electrons. The van der Waals surface area contributed by atoms with Crippen LogP contribution >= 0.6 is 0 Å². The molecule has 0 fully saturated rings. The Morgan fingerprint density at radius 3 is 2.89 bits per heavy atom. The summed E-state index contributed by atoms with van der Waals surface area (Å²) < 4.78 is 13.6. The Hall–Kier alpha value is -2.28. The van der Waals surface area contributed by atoms with Crippen molar-refractivity contribution in [1.29, 1.82) is 0 Å². The number of nitrogens with zero attached hydrogens (tertiary/aromatic N) is 2. The van der Waals surface area contributed by atoms with Gasteiger partial charge in [-0.1, -0.05) is 0 Å². The Kier molecular flexibility index (Phi) is 3.33.